The minimum absolute atomic E-state index is 0.226. The SMILES string of the molecule is Cc1ccc(CC(=O)N2CC(c3nncn3C)C3(CCC3)C2)cc1. The quantitative estimate of drug-likeness (QED) is 0.871. The molecule has 2 aliphatic rings. The Labute approximate surface area is 142 Å². The molecule has 1 aromatic heterocycles. The molecule has 0 N–H and O–H groups in total. The second-order valence-electron chi connectivity index (χ2n) is 7.51. The van der Waals surface area contributed by atoms with Crippen molar-refractivity contribution in [1.29, 1.82) is 0 Å². The highest BCUT2D eigenvalue weighted by Gasteiger charge is 2.53. The molecular weight excluding hydrogens is 300 g/mol. The van der Waals surface area contributed by atoms with Gasteiger partial charge >= 0.3 is 0 Å². The maximum absolute atomic E-state index is 12.8. The van der Waals surface area contributed by atoms with Crippen LogP contribution in [0.15, 0.2) is 30.6 Å². The molecule has 0 radical (unpaired) electrons. The first kappa shape index (κ1) is 15.4. The third-order valence-electron chi connectivity index (χ3n) is 5.88. The molecule has 1 aromatic carbocycles. The monoisotopic (exact) mass is 324 g/mol. The molecule has 4 rings (SSSR count). The van der Waals surface area contributed by atoms with Crippen LogP contribution in [0.1, 0.15) is 42.1 Å². The van der Waals surface area contributed by atoms with Crippen molar-refractivity contribution in [2.45, 2.75) is 38.5 Å². The van der Waals surface area contributed by atoms with Crippen LogP contribution in [0.3, 0.4) is 0 Å². The predicted octanol–water partition coefficient (Wildman–Crippen LogP) is 2.46. The van der Waals surface area contributed by atoms with Crippen LogP contribution < -0.4 is 0 Å². The fourth-order valence-electron chi connectivity index (χ4n) is 4.25. The van der Waals surface area contributed by atoms with Crippen LogP contribution in [0.5, 0.6) is 0 Å². The number of carbonyl (C=O) groups excluding carboxylic acids is 1. The summed E-state index contributed by atoms with van der Waals surface area (Å²) >= 11 is 0. The lowest BCUT2D eigenvalue weighted by molar-refractivity contribution is -0.130. The summed E-state index contributed by atoms with van der Waals surface area (Å²) < 4.78 is 2.01. The molecule has 1 saturated heterocycles. The highest BCUT2D eigenvalue weighted by atomic mass is 16.2. The number of rotatable bonds is 3. The van der Waals surface area contributed by atoms with Gasteiger partial charge in [0.05, 0.1) is 6.42 Å². The smallest absolute Gasteiger partial charge is 0.227 e. The zero-order chi connectivity index (χ0) is 16.7. The van der Waals surface area contributed by atoms with Crippen molar-refractivity contribution in [2.75, 3.05) is 13.1 Å². The predicted molar refractivity (Wildman–Crippen MR) is 91.5 cm³/mol. The highest BCUT2D eigenvalue weighted by molar-refractivity contribution is 5.79. The topological polar surface area (TPSA) is 51.0 Å². The number of carbonyl (C=O) groups is 1. The number of amides is 1. The van der Waals surface area contributed by atoms with Gasteiger partial charge in [-0.2, -0.15) is 0 Å². The molecule has 2 aromatic rings. The van der Waals surface area contributed by atoms with Gasteiger partial charge in [0, 0.05) is 26.1 Å². The highest BCUT2D eigenvalue weighted by Crippen LogP contribution is 2.55. The number of aryl methyl sites for hydroxylation is 2. The average Bonchev–Trinajstić information content (AvgIpc) is 3.12. The number of aromatic nitrogens is 3. The summed E-state index contributed by atoms with van der Waals surface area (Å²) in [5, 5.41) is 8.38. The van der Waals surface area contributed by atoms with Gasteiger partial charge in [-0.25, -0.2) is 0 Å². The summed E-state index contributed by atoms with van der Waals surface area (Å²) in [6.45, 7) is 3.71. The van der Waals surface area contributed by atoms with Crippen LogP contribution in [0, 0.1) is 12.3 Å². The Morgan fingerprint density at radius 3 is 2.62 bits per heavy atom. The fraction of sp³-hybridized carbons (Fsp3) is 0.526. The van der Waals surface area contributed by atoms with Crippen molar-refractivity contribution in [3.63, 3.8) is 0 Å². The fourth-order valence-corrected chi connectivity index (χ4v) is 4.25. The van der Waals surface area contributed by atoms with Crippen molar-refractivity contribution in [3.8, 4) is 0 Å². The molecule has 1 unspecified atom stereocenters. The van der Waals surface area contributed by atoms with E-state index >= 15 is 0 Å². The minimum atomic E-state index is 0.226. The van der Waals surface area contributed by atoms with E-state index in [1.165, 1.54) is 24.8 Å². The molecule has 1 aliphatic heterocycles. The van der Waals surface area contributed by atoms with Crippen LogP contribution >= 0.6 is 0 Å². The Kier molecular flexibility index (Phi) is 3.66. The molecule has 2 heterocycles. The molecule has 1 amide bonds. The van der Waals surface area contributed by atoms with E-state index in [1.807, 2.05) is 11.6 Å². The summed E-state index contributed by atoms with van der Waals surface area (Å²) in [6, 6.07) is 8.26. The maximum atomic E-state index is 12.8. The summed E-state index contributed by atoms with van der Waals surface area (Å²) in [5.41, 5.74) is 2.54. The van der Waals surface area contributed by atoms with E-state index in [9.17, 15) is 4.79 Å². The summed E-state index contributed by atoms with van der Waals surface area (Å²) in [6.07, 6.45) is 5.90. The number of nitrogens with zero attached hydrogens (tertiary/aromatic N) is 4. The first-order valence-corrected chi connectivity index (χ1v) is 8.75. The van der Waals surface area contributed by atoms with Gasteiger partial charge in [-0.15, -0.1) is 10.2 Å². The van der Waals surface area contributed by atoms with Gasteiger partial charge in [-0.3, -0.25) is 4.79 Å². The lowest BCUT2D eigenvalue weighted by Gasteiger charge is -2.42. The van der Waals surface area contributed by atoms with Gasteiger partial charge in [0.1, 0.15) is 12.2 Å². The van der Waals surface area contributed by atoms with E-state index < -0.39 is 0 Å². The van der Waals surface area contributed by atoms with Crippen LogP contribution in [-0.4, -0.2) is 38.7 Å². The number of likely N-dealkylation sites (tertiary alicyclic amines) is 1. The number of hydrogen-bond acceptors (Lipinski definition) is 3. The van der Waals surface area contributed by atoms with Crippen LogP contribution in [-0.2, 0) is 18.3 Å². The zero-order valence-corrected chi connectivity index (χ0v) is 14.4. The molecule has 5 nitrogen and oxygen atoms in total. The maximum Gasteiger partial charge on any atom is 0.227 e. The zero-order valence-electron chi connectivity index (χ0n) is 14.4. The van der Waals surface area contributed by atoms with Gasteiger partial charge in [0.25, 0.3) is 0 Å². The van der Waals surface area contributed by atoms with E-state index in [-0.39, 0.29) is 11.3 Å². The first-order chi connectivity index (χ1) is 11.6. The molecule has 1 spiro atoms. The normalized spacial score (nSPS) is 21.9. The Hall–Kier alpha value is -2.17. The third-order valence-corrected chi connectivity index (χ3v) is 5.88. The molecule has 0 bridgehead atoms. The summed E-state index contributed by atoms with van der Waals surface area (Å²) in [7, 11) is 2.00. The van der Waals surface area contributed by atoms with Gasteiger partial charge < -0.3 is 9.47 Å². The van der Waals surface area contributed by atoms with Crippen molar-refractivity contribution < 1.29 is 4.79 Å². The van der Waals surface area contributed by atoms with E-state index in [1.54, 1.807) is 6.33 Å². The van der Waals surface area contributed by atoms with Crippen molar-refractivity contribution >= 4 is 5.91 Å². The molecule has 2 fully saturated rings. The Morgan fingerprint density at radius 1 is 1.29 bits per heavy atom. The molecular formula is C19H24N4O. The second kappa shape index (κ2) is 5.72. The van der Waals surface area contributed by atoms with E-state index in [0.717, 1.165) is 24.5 Å². The third kappa shape index (κ3) is 2.52. The van der Waals surface area contributed by atoms with Crippen LogP contribution in [0.25, 0.3) is 0 Å². The Bertz CT molecular complexity index is 745. The first-order valence-electron chi connectivity index (χ1n) is 8.75. The molecule has 1 saturated carbocycles. The molecule has 1 aliphatic carbocycles. The number of benzene rings is 1. The standard InChI is InChI=1S/C19H24N4O/c1-14-4-6-15(7-5-14)10-17(24)23-11-16(18-21-20-13-22(18)2)19(12-23)8-3-9-19/h4-7,13,16H,3,8-12H2,1-2H3. The van der Waals surface area contributed by atoms with Gasteiger partial charge in [-0.1, -0.05) is 36.2 Å². The summed E-state index contributed by atoms with van der Waals surface area (Å²) in [5.74, 6) is 1.58. The minimum Gasteiger partial charge on any atom is -0.341 e. The average molecular weight is 324 g/mol. The molecule has 1 atom stereocenters. The molecule has 24 heavy (non-hydrogen) atoms. The second-order valence-corrected chi connectivity index (χ2v) is 7.51. The van der Waals surface area contributed by atoms with Gasteiger partial charge in [0.15, 0.2) is 0 Å². The molecule has 126 valence electrons. The number of hydrogen-bond donors (Lipinski definition) is 0. The van der Waals surface area contributed by atoms with E-state index in [2.05, 4.69) is 46.3 Å². The van der Waals surface area contributed by atoms with Gasteiger partial charge in [0.2, 0.25) is 5.91 Å². The largest absolute Gasteiger partial charge is 0.341 e. The van der Waals surface area contributed by atoms with E-state index in [0.29, 0.717) is 12.3 Å². The van der Waals surface area contributed by atoms with Crippen molar-refractivity contribution in [2.24, 2.45) is 12.5 Å². The van der Waals surface area contributed by atoms with Crippen molar-refractivity contribution in [1.82, 2.24) is 19.7 Å². The Balaban J connectivity index is 1.52. The lowest BCUT2D eigenvalue weighted by atomic mass is 9.62. The van der Waals surface area contributed by atoms with Crippen LogP contribution in [0.2, 0.25) is 0 Å². The summed E-state index contributed by atoms with van der Waals surface area (Å²) in [4.78, 5) is 14.9. The van der Waals surface area contributed by atoms with Crippen molar-refractivity contribution in [3.05, 3.63) is 47.5 Å². The molecule has 5 heteroatoms. The Morgan fingerprint density at radius 2 is 2.04 bits per heavy atom. The van der Waals surface area contributed by atoms with Gasteiger partial charge in [-0.05, 0) is 30.7 Å². The van der Waals surface area contributed by atoms with E-state index in [4.69, 9.17) is 0 Å². The lowest BCUT2D eigenvalue weighted by Crippen LogP contribution is -2.38. The van der Waals surface area contributed by atoms with Crippen LogP contribution in [0.4, 0.5) is 0 Å².